The van der Waals surface area contributed by atoms with Crippen LogP contribution < -0.4 is 0 Å². The van der Waals surface area contributed by atoms with Crippen molar-refractivity contribution in [2.24, 2.45) is 0 Å². The van der Waals surface area contributed by atoms with Gasteiger partial charge in [-0.25, -0.2) is 13.2 Å². The first-order chi connectivity index (χ1) is 6.13. The summed E-state index contributed by atoms with van der Waals surface area (Å²) < 4.78 is 37.0. The summed E-state index contributed by atoms with van der Waals surface area (Å²) in [6.07, 6.45) is -2.48. The number of halogens is 3. The molecular weight excluding hydrogens is 181 g/mol. The number of alkyl halides is 2. The Morgan fingerprint density at radius 1 is 1.23 bits per heavy atom. The maximum absolute atomic E-state index is 12.7. The molecule has 1 N–H and O–H groups in total. The van der Waals surface area contributed by atoms with Crippen LogP contribution in [0.5, 0.6) is 0 Å². The summed E-state index contributed by atoms with van der Waals surface area (Å²) in [6.45, 7) is -0.174. The van der Waals surface area contributed by atoms with E-state index in [0.29, 0.717) is 5.56 Å². The molecule has 1 nitrogen and oxygen atoms in total. The highest BCUT2D eigenvalue weighted by Crippen LogP contribution is 2.21. The lowest BCUT2D eigenvalue weighted by molar-refractivity contribution is 0.150. The molecule has 1 rings (SSSR count). The highest BCUT2D eigenvalue weighted by atomic mass is 19.3. The first-order valence-electron chi connectivity index (χ1n) is 3.82. The fourth-order valence-electron chi connectivity index (χ4n) is 1.07. The highest BCUT2D eigenvalue weighted by Gasteiger charge is 2.09. The SMILES string of the molecule is OCCc1cc(F)cc(C(F)F)c1. The Bertz CT molecular complexity index is 286. The van der Waals surface area contributed by atoms with E-state index in [-0.39, 0.29) is 18.6 Å². The average Bonchev–Trinajstić information content (AvgIpc) is 2.03. The molecule has 0 saturated carbocycles. The van der Waals surface area contributed by atoms with Crippen molar-refractivity contribution in [3.63, 3.8) is 0 Å². The lowest BCUT2D eigenvalue weighted by Crippen LogP contribution is -1.95. The highest BCUT2D eigenvalue weighted by molar-refractivity contribution is 5.25. The van der Waals surface area contributed by atoms with Gasteiger partial charge in [-0.15, -0.1) is 0 Å². The van der Waals surface area contributed by atoms with Crippen molar-refractivity contribution < 1.29 is 18.3 Å². The topological polar surface area (TPSA) is 20.2 Å². The summed E-state index contributed by atoms with van der Waals surface area (Å²) in [7, 11) is 0. The van der Waals surface area contributed by atoms with Gasteiger partial charge < -0.3 is 5.11 Å². The van der Waals surface area contributed by atoms with E-state index in [0.717, 1.165) is 12.1 Å². The Hall–Kier alpha value is -1.03. The van der Waals surface area contributed by atoms with E-state index in [1.807, 2.05) is 0 Å². The summed E-state index contributed by atoms with van der Waals surface area (Å²) in [4.78, 5) is 0. The molecule has 0 heterocycles. The molecule has 1 aromatic carbocycles. The second-order valence-corrected chi connectivity index (χ2v) is 2.67. The Balaban J connectivity index is 2.96. The summed E-state index contributed by atoms with van der Waals surface area (Å²) >= 11 is 0. The molecule has 0 aliphatic carbocycles. The second kappa shape index (κ2) is 4.28. The van der Waals surface area contributed by atoms with Gasteiger partial charge in [-0.1, -0.05) is 0 Å². The van der Waals surface area contributed by atoms with Gasteiger partial charge in [-0.05, 0) is 30.2 Å². The second-order valence-electron chi connectivity index (χ2n) is 2.67. The van der Waals surface area contributed by atoms with E-state index < -0.39 is 12.2 Å². The van der Waals surface area contributed by atoms with Gasteiger partial charge in [0.15, 0.2) is 0 Å². The number of aliphatic hydroxyl groups excluding tert-OH is 1. The number of aliphatic hydroxyl groups is 1. The van der Waals surface area contributed by atoms with E-state index in [9.17, 15) is 13.2 Å². The number of hydrogen-bond acceptors (Lipinski definition) is 1. The third kappa shape index (κ3) is 2.73. The van der Waals surface area contributed by atoms with E-state index >= 15 is 0 Å². The summed E-state index contributed by atoms with van der Waals surface area (Å²) in [6, 6.07) is 3.14. The molecule has 0 amide bonds. The molecule has 0 aliphatic rings. The monoisotopic (exact) mass is 190 g/mol. The molecule has 1 aromatic rings. The van der Waals surface area contributed by atoms with Gasteiger partial charge in [0.25, 0.3) is 6.43 Å². The van der Waals surface area contributed by atoms with Crippen molar-refractivity contribution in [1.29, 1.82) is 0 Å². The summed E-state index contributed by atoms with van der Waals surface area (Å²) in [5.74, 6) is -0.693. The largest absolute Gasteiger partial charge is 0.396 e. The smallest absolute Gasteiger partial charge is 0.263 e. The van der Waals surface area contributed by atoms with Crippen LogP contribution in [0.3, 0.4) is 0 Å². The van der Waals surface area contributed by atoms with Crippen LogP contribution in [-0.4, -0.2) is 11.7 Å². The van der Waals surface area contributed by atoms with E-state index in [2.05, 4.69) is 0 Å². The third-order valence-corrected chi connectivity index (χ3v) is 1.63. The van der Waals surface area contributed by atoms with E-state index in [1.165, 1.54) is 6.07 Å². The minimum Gasteiger partial charge on any atom is -0.396 e. The minimum atomic E-state index is -2.67. The maximum Gasteiger partial charge on any atom is 0.263 e. The molecule has 0 aliphatic heterocycles. The van der Waals surface area contributed by atoms with Crippen LogP contribution in [-0.2, 0) is 6.42 Å². The molecule has 13 heavy (non-hydrogen) atoms. The Kier molecular flexibility index (Phi) is 3.31. The Morgan fingerprint density at radius 2 is 1.92 bits per heavy atom. The molecule has 0 radical (unpaired) electrons. The van der Waals surface area contributed by atoms with Gasteiger partial charge in [0.2, 0.25) is 0 Å². The van der Waals surface area contributed by atoms with Crippen LogP contribution in [0.25, 0.3) is 0 Å². The predicted molar refractivity (Wildman–Crippen MR) is 42.1 cm³/mol. The molecule has 0 atom stereocenters. The summed E-state index contributed by atoms with van der Waals surface area (Å²) in [5, 5.41) is 8.53. The van der Waals surface area contributed by atoms with Crippen LogP contribution in [0.1, 0.15) is 17.6 Å². The lowest BCUT2D eigenvalue weighted by Gasteiger charge is -2.03. The molecule has 0 unspecified atom stereocenters. The fourth-order valence-corrected chi connectivity index (χ4v) is 1.07. The predicted octanol–water partition coefficient (Wildman–Crippen LogP) is 2.30. The van der Waals surface area contributed by atoms with Gasteiger partial charge in [-0.2, -0.15) is 0 Å². The zero-order chi connectivity index (χ0) is 9.84. The van der Waals surface area contributed by atoms with Crippen molar-refractivity contribution in [3.8, 4) is 0 Å². The average molecular weight is 190 g/mol. The molecule has 0 bridgehead atoms. The molecule has 0 saturated heterocycles. The van der Waals surface area contributed by atoms with Crippen LogP contribution in [0, 0.1) is 5.82 Å². The molecule has 0 spiro atoms. The Labute approximate surface area is 73.8 Å². The third-order valence-electron chi connectivity index (χ3n) is 1.63. The van der Waals surface area contributed by atoms with E-state index in [1.54, 1.807) is 0 Å². The number of benzene rings is 1. The van der Waals surface area contributed by atoms with Crippen LogP contribution in [0.2, 0.25) is 0 Å². The normalized spacial score (nSPS) is 10.8. The quantitative estimate of drug-likeness (QED) is 0.775. The van der Waals surface area contributed by atoms with E-state index in [4.69, 9.17) is 5.11 Å². The first-order valence-corrected chi connectivity index (χ1v) is 3.82. The molecule has 4 heteroatoms. The zero-order valence-electron chi connectivity index (χ0n) is 6.80. The standard InChI is InChI=1S/C9H9F3O/c10-8-4-6(1-2-13)3-7(5-8)9(11)12/h3-5,9,13H,1-2H2. The molecule has 0 aromatic heterocycles. The lowest BCUT2D eigenvalue weighted by atomic mass is 10.1. The van der Waals surface area contributed by atoms with Crippen molar-refractivity contribution in [2.45, 2.75) is 12.8 Å². The van der Waals surface area contributed by atoms with Gasteiger partial charge in [0, 0.05) is 12.2 Å². The minimum absolute atomic E-state index is 0.174. The molecular formula is C9H9F3O. The number of rotatable bonds is 3. The van der Waals surface area contributed by atoms with Crippen molar-refractivity contribution in [3.05, 3.63) is 35.1 Å². The molecule has 0 fully saturated rings. The molecule has 72 valence electrons. The first kappa shape index (κ1) is 10.1. The maximum atomic E-state index is 12.7. The number of hydrogen-bond donors (Lipinski definition) is 1. The van der Waals surface area contributed by atoms with Gasteiger partial charge in [-0.3, -0.25) is 0 Å². The van der Waals surface area contributed by atoms with Gasteiger partial charge >= 0.3 is 0 Å². The van der Waals surface area contributed by atoms with Crippen LogP contribution in [0.15, 0.2) is 18.2 Å². The van der Waals surface area contributed by atoms with Crippen LogP contribution in [0.4, 0.5) is 13.2 Å². The Morgan fingerprint density at radius 3 is 2.46 bits per heavy atom. The summed E-state index contributed by atoms with van der Waals surface area (Å²) in [5.41, 5.74) is 0.0428. The van der Waals surface area contributed by atoms with Gasteiger partial charge in [0.1, 0.15) is 5.82 Å². The zero-order valence-corrected chi connectivity index (χ0v) is 6.80. The van der Waals surface area contributed by atoms with Crippen molar-refractivity contribution in [1.82, 2.24) is 0 Å². The van der Waals surface area contributed by atoms with Crippen molar-refractivity contribution in [2.75, 3.05) is 6.61 Å². The van der Waals surface area contributed by atoms with Gasteiger partial charge in [0.05, 0.1) is 0 Å². The van der Waals surface area contributed by atoms with Crippen LogP contribution >= 0.6 is 0 Å². The van der Waals surface area contributed by atoms with Crippen molar-refractivity contribution >= 4 is 0 Å². The fraction of sp³-hybridized carbons (Fsp3) is 0.333.